The Morgan fingerprint density at radius 2 is 2.14 bits per heavy atom. The number of aromatic amines is 1. The van der Waals surface area contributed by atoms with Crippen LogP contribution in [0.3, 0.4) is 0 Å². The van der Waals surface area contributed by atoms with E-state index < -0.39 is 24.1 Å². The third kappa shape index (κ3) is 3.27. The van der Waals surface area contributed by atoms with Crippen molar-refractivity contribution in [2.24, 2.45) is 15.2 Å². The van der Waals surface area contributed by atoms with Crippen LogP contribution in [0.1, 0.15) is 6.92 Å². The number of imide groups is 1. The second-order valence-corrected chi connectivity index (χ2v) is 7.54. The number of hydrogen-bond acceptors (Lipinski definition) is 7. The number of allylic oxidation sites excluding steroid dienone is 1. The summed E-state index contributed by atoms with van der Waals surface area (Å²) in [6.45, 7) is 2.24. The van der Waals surface area contributed by atoms with Gasteiger partial charge < -0.3 is 19.9 Å². The zero-order valence-electron chi connectivity index (χ0n) is 15.6. The van der Waals surface area contributed by atoms with Gasteiger partial charge in [0.2, 0.25) is 11.8 Å². The van der Waals surface area contributed by atoms with Crippen molar-refractivity contribution in [2.75, 3.05) is 13.6 Å². The zero-order chi connectivity index (χ0) is 20.7. The Hall–Kier alpha value is -3.21. The number of halogens is 1. The molecule has 11 heteroatoms. The van der Waals surface area contributed by atoms with Crippen molar-refractivity contribution in [1.82, 2.24) is 20.1 Å². The summed E-state index contributed by atoms with van der Waals surface area (Å²) in [5.41, 5.74) is 0.968. The molecule has 0 bridgehead atoms. The number of aromatic nitrogens is 1. The van der Waals surface area contributed by atoms with E-state index in [2.05, 4.69) is 41.5 Å². The number of likely N-dealkylation sites (N-methyl/N-ethyl adjacent to an activating group) is 1. The highest BCUT2D eigenvalue weighted by Gasteiger charge is 2.48. The summed E-state index contributed by atoms with van der Waals surface area (Å²) in [5.74, 6) is -0.350. The fourth-order valence-corrected chi connectivity index (χ4v) is 3.70. The first-order valence-electron chi connectivity index (χ1n) is 8.86. The van der Waals surface area contributed by atoms with Crippen LogP contribution in [0.5, 0.6) is 5.88 Å². The summed E-state index contributed by atoms with van der Waals surface area (Å²) >= 11 is 3.40. The third-order valence-electron chi connectivity index (χ3n) is 4.83. The summed E-state index contributed by atoms with van der Waals surface area (Å²) < 4.78 is 0.830. The maximum absolute atomic E-state index is 12.4. The lowest BCUT2D eigenvalue weighted by molar-refractivity contribution is -0.126. The standard InChI is InChI=1S/C18H18BrN7O3/c1-3-4-7-26-13-14(25(2)18(29)22-16(13)28)21-17(26)24-23-12-10-8-9(19)5-6-11(10)20-15(12)27/h3-6,8,13-14,20,27H,7H2,1-2H3,(H,22,28,29)/b4-3+,24-23?. The van der Waals surface area contributed by atoms with Crippen molar-refractivity contribution in [2.45, 2.75) is 19.1 Å². The minimum atomic E-state index is -0.700. The van der Waals surface area contributed by atoms with E-state index in [4.69, 9.17) is 0 Å². The first-order chi connectivity index (χ1) is 13.9. The predicted octanol–water partition coefficient (Wildman–Crippen LogP) is 2.84. The van der Waals surface area contributed by atoms with Crippen LogP contribution in [0, 0.1) is 0 Å². The van der Waals surface area contributed by atoms with E-state index in [1.807, 2.05) is 37.3 Å². The molecule has 3 heterocycles. The first kappa shape index (κ1) is 19.1. The largest absolute Gasteiger partial charge is 0.493 e. The van der Waals surface area contributed by atoms with Gasteiger partial charge in [0.25, 0.3) is 5.91 Å². The molecule has 1 fully saturated rings. The van der Waals surface area contributed by atoms with Crippen molar-refractivity contribution in [1.29, 1.82) is 0 Å². The predicted molar refractivity (Wildman–Crippen MR) is 110 cm³/mol. The van der Waals surface area contributed by atoms with Crippen LogP contribution in [0.25, 0.3) is 10.9 Å². The number of nitrogens with zero attached hydrogens (tertiary/aromatic N) is 5. The molecular formula is C18H18BrN7O3. The van der Waals surface area contributed by atoms with Crippen molar-refractivity contribution in [3.63, 3.8) is 0 Å². The number of benzene rings is 1. The van der Waals surface area contributed by atoms with Gasteiger partial charge in [0.15, 0.2) is 17.9 Å². The van der Waals surface area contributed by atoms with Crippen molar-refractivity contribution < 1.29 is 14.7 Å². The summed E-state index contributed by atoms with van der Waals surface area (Å²) in [6.07, 6.45) is 3.01. The zero-order valence-corrected chi connectivity index (χ0v) is 17.2. The second-order valence-electron chi connectivity index (χ2n) is 6.63. The second kappa shape index (κ2) is 7.32. The number of azo groups is 1. The molecule has 2 unspecified atom stereocenters. The van der Waals surface area contributed by atoms with Gasteiger partial charge in [-0.1, -0.05) is 28.1 Å². The molecule has 0 spiro atoms. The monoisotopic (exact) mass is 459 g/mol. The fraction of sp³-hybridized carbons (Fsp3) is 0.278. The third-order valence-corrected chi connectivity index (χ3v) is 5.32. The lowest BCUT2D eigenvalue weighted by Crippen LogP contribution is -2.63. The molecule has 0 aliphatic carbocycles. The van der Waals surface area contributed by atoms with Gasteiger partial charge in [-0.05, 0) is 25.1 Å². The van der Waals surface area contributed by atoms with Crippen LogP contribution in [-0.2, 0) is 4.79 Å². The highest BCUT2D eigenvalue weighted by atomic mass is 79.9. The molecule has 1 aromatic carbocycles. The number of hydrogen-bond donors (Lipinski definition) is 3. The Morgan fingerprint density at radius 1 is 1.34 bits per heavy atom. The molecule has 2 atom stereocenters. The molecule has 0 radical (unpaired) electrons. The molecule has 29 heavy (non-hydrogen) atoms. The molecule has 3 N–H and O–H groups in total. The molecule has 3 amide bonds. The van der Waals surface area contributed by atoms with E-state index >= 15 is 0 Å². The lowest BCUT2D eigenvalue weighted by Gasteiger charge is -2.35. The van der Waals surface area contributed by atoms with Crippen LogP contribution in [0.2, 0.25) is 0 Å². The van der Waals surface area contributed by atoms with E-state index in [-0.39, 0.29) is 17.5 Å². The number of nitrogens with one attached hydrogen (secondary N) is 2. The number of amides is 3. The van der Waals surface area contributed by atoms with Crippen LogP contribution >= 0.6 is 15.9 Å². The fourth-order valence-electron chi connectivity index (χ4n) is 3.34. The Labute approximate surface area is 174 Å². The summed E-state index contributed by atoms with van der Waals surface area (Å²) in [4.78, 5) is 34.7. The number of carbonyl (C=O) groups is 2. The lowest BCUT2D eigenvalue weighted by atomic mass is 10.1. The van der Waals surface area contributed by atoms with Gasteiger partial charge >= 0.3 is 6.03 Å². The van der Waals surface area contributed by atoms with Gasteiger partial charge in [-0.2, -0.15) is 0 Å². The van der Waals surface area contributed by atoms with Crippen molar-refractivity contribution in [3.05, 3.63) is 34.8 Å². The molecule has 1 saturated heterocycles. The Balaban J connectivity index is 1.73. The maximum atomic E-state index is 12.4. The Kier molecular flexibility index (Phi) is 4.82. The molecule has 2 aromatic rings. The highest BCUT2D eigenvalue weighted by Crippen LogP contribution is 2.37. The number of aliphatic imine (C=N–C) groups is 1. The molecule has 0 saturated carbocycles. The quantitative estimate of drug-likeness (QED) is 0.481. The Bertz CT molecular complexity index is 1090. The molecular weight excluding hydrogens is 442 g/mol. The van der Waals surface area contributed by atoms with Crippen LogP contribution in [0.15, 0.2) is 50.0 Å². The normalized spacial score (nSPS) is 22.1. The highest BCUT2D eigenvalue weighted by molar-refractivity contribution is 9.10. The molecule has 150 valence electrons. The average molecular weight is 460 g/mol. The minimum Gasteiger partial charge on any atom is -0.493 e. The van der Waals surface area contributed by atoms with E-state index in [9.17, 15) is 14.7 Å². The van der Waals surface area contributed by atoms with Gasteiger partial charge in [-0.3, -0.25) is 10.1 Å². The summed E-state index contributed by atoms with van der Waals surface area (Å²) in [6, 6.07) is 4.25. The molecule has 10 nitrogen and oxygen atoms in total. The molecule has 4 rings (SSSR count). The SMILES string of the molecule is C/C=C/CN1C(N=Nc2c(O)[nH]c3ccc(Br)cc23)=NC2C1C(=O)NC(=O)N2C. The number of H-pyrrole nitrogens is 1. The number of urea groups is 1. The topological polar surface area (TPSA) is 126 Å². The van der Waals surface area contributed by atoms with Gasteiger partial charge in [-0.25, -0.2) is 9.79 Å². The van der Waals surface area contributed by atoms with Gasteiger partial charge in [0.1, 0.15) is 0 Å². The van der Waals surface area contributed by atoms with Crippen LogP contribution < -0.4 is 5.32 Å². The first-order valence-corrected chi connectivity index (χ1v) is 9.65. The Morgan fingerprint density at radius 3 is 2.90 bits per heavy atom. The van der Waals surface area contributed by atoms with Crippen molar-refractivity contribution in [3.8, 4) is 5.88 Å². The number of fused-ring (bicyclic) bond motifs is 2. The molecule has 1 aromatic heterocycles. The van der Waals surface area contributed by atoms with E-state index in [0.29, 0.717) is 17.4 Å². The summed E-state index contributed by atoms with van der Waals surface area (Å²) in [5, 5.41) is 21.6. The maximum Gasteiger partial charge on any atom is 0.325 e. The van der Waals surface area contributed by atoms with Crippen molar-refractivity contribution >= 4 is 50.4 Å². The van der Waals surface area contributed by atoms with Gasteiger partial charge in [0, 0.05) is 23.5 Å². The molecule has 2 aliphatic heterocycles. The smallest absolute Gasteiger partial charge is 0.325 e. The average Bonchev–Trinajstić information content (AvgIpc) is 3.20. The number of rotatable bonds is 3. The van der Waals surface area contributed by atoms with E-state index in [1.165, 1.54) is 4.90 Å². The minimum absolute atomic E-state index is 0.122. The van der Waals surface area contributed by atoms with Gasteiger partial charge in [0.05, 0.1) is 5.52 Å². The van der Waals surface area contributed by atoms with Crippen LogP contribution in [-0.4, -0.2) is 63.6 Å². The van der Waals surface area contributed by atoms with Gasteiger partial charge in [-0.15, -0.1) is 10.2 Å². The number of carbonyl (C=O) groups excluding carboxylic acids is 2. The van der Waals surface area contributed by atoms with E-state index in [1.54, 1.807) is 11.9 Å². The molecule has 2 aliphatic rings. The van der Waals surface area contributed by atoms with Crippen LogP contribution in [0.4, 0.5) is 10.5 Å². The summed E-state index contributed by atoms with van der Waals surface area (Å²) in [7, 11) is 1.57. The van der Waals surface area contributed by atoms with E-state index in [0.717, 1.165) is 4.47 Å². The number of aromatic hydroxyl groups is 1. The number of guanidine groups is 1.